The molecule has 0 aromatic heterocycles. The summed E-state index contributed by atoms with van der Waals surface area (Å²) in [6.07, 6.45) is 0.104. The molecule has 0 aliphatic heterocycles. The third-order valence-corrected chi connectivity index (χ3v) is 2.79. The van der Waals surface area contributed by atoms with Gasteiger partial charge in [-0.3, -0.25) is 19.2 Å². The van der Waals surface area contributed by atoms with Crippen LogP contribution in [0.5, 0.6) is 0 Å². The predicted molar refractivity (Wildman–Crippen MR) is 74.4 cm³/mol. The van der Waals surface area contributed by atoms with E-state index in [-0.39, 0.29) is 31.7 Å². The maximum Gasteiger partial charge on any atom is 0.320 e. The van der Waals surface area contributed by atoms with E-state index >= 15 is 0 Å². The Hall–Kier alpha value is -2.00. The van der Waals surface area contributed by atoms with Gasteiger partial charge >= 0.3 is 5.97 Å². The Bertz CT molecular complexity index is 399. The molecule has 0 aromatic rings. The lowest BCUT2D eigenvalue weighted by Crippen LogP contribution is -2.45. The molecule has 0 fully saturated rings. The van der Waals surface area contributed by atoms with Crippen molar-refractivity contribution in [1.29, 1.82) is 0 Å². The van der Waals surface area contributed by atoms with Crippen molar-refractivity contribution in [3.63, 3.8) is 0 Å². The monoisotopic (exact) mass is 302 g/mol. The van der Waals surface area contributed by atoms with Gasteiger partial charge in [-0.15, -0.1) is 0 Å². The number of aliphatic carboxylic acids is 1. The molecule has 21 heavy (non-hydrogen) atoms. The Morgan fingerprint density at radius 1 is 1.14 bits per heavy atom. The standard InChI is InChI=1S/C12H22N4O5/c1-7(17)8(13)5-15-11(19)6-16-10(18)4-3-9(14-2)12(20)21/h8-9,14H,3-6,13H2,1-2H3,(H,15,19)(H,16,18)(H,20,21). The van der Waals surface area contributed by atoms with Gasteiger partial charge in [0.15, 0.2) is 0 Å². The van der Waals surface area contributed by atoms with E-state index < -0.39 is 29.9 Å². The second-order valence-electron chi connectivity index (χ2n) is 4.52. The summed E-state index contributed by atoms with van der Waals surface area (Å²) in [6.45, 7) is 1.07. The van der Waals surface area contributed by atoms with E-state index in [2.05, 4.69) is 16.0 Å². The van der Waals surface area contributed by atoms with Gasteiger partial charge in [0.05, 0.1) is 12.6 Å². The SMILES string of the molecule is CNC(CCC(=O)NCC(=O)NCC(N)C(C)=O)C(=O)O. The third kappa shape index (κ3) is 8.71. The molecule has 6 N–H and O–H groups in total. The highest BCUT2D eigenvalue weighted by Crippen LogP contribution is 1.96. The van der Waals surface area contributed by atoms with Crippen molar-refractivity contribution >= 4 is 23.6 Å². The Balaban J connectivity index is 3.90. The number of nitrogens with two attached hydrogens (primary N) is 1. The minimum absolute atomic E-state index is 0.00484. The van der Waals surface area contributed by atoms with Crippen LogP contribution in [0, 0.1) is 0 Å². The van der Waals surface area contributed by atoms with Gasteiger partial charge in [-0.1, -0.05) is 0 Å². The first-order valence-corrected chi connectivity index (χ1v) is 6.47. The maximum absolute atomic E-state index is 11.4. The smallest absolute Gasteiger partial charge is 0.320 e. The average Bonchev–Trinajstić information content (AvgIpc) is 2.42. The lowest BCUT2D eigenvalue weighted by molar-refractivity contribution is -0.139. The molecule has 2 atom stereocenters. The first-order chi connectivity index (χ1) is 9.77. The molecule has 2 amide bonds. The molecule has 0 saturated heterocycles. The lowest BCUT2D eigenvalue weighted by atomic mass is 10.1. The summed E-state index contributed by atoms with van der Waals surface area (Å²) in [4.78, 5) is 44.4. The van der Waals surface area contributed by atoms with Crippen LogP contribution in [0.1, 0.15) is 19.8 Å². The minimum Gasteiger partial charge on any atom is -0.480 e. The number of amides is 2. The normalized spacial score (nSPS) is 13.1. The molecule has 9 nitrogen and oxygen atoms in total. The van der Waals surface area contributed by atoms with Gasteiger partial charge in [0, 0.05) is 13.0 Å². The number of nitrogens with one attached hydrogen (secondary N) is 3. The van der Waals surface area contributed by atoms with E-state index in [9.17, 15) is 19.2 Å². The van der Waals surface area contributed by atoms with Gasteiger partial charge in [-0.2, -0.15) is 0 Å². The van der Waals surface area contributed by atoms with Gasteiger partial charge in [0.2, 0.25) is 11.8 Å². The van der Waals surface area contributed by atoms with Crippen LogP contribution in [-0.4, -0.2) is 60.9 Å². The number of hydrogen-bond donors (Lipinski definition) is 5. The fourth-order valence-corrected chi connectivity index (χ4v) is 1.36. The quantitative estimate of drug-likeness (QED) is 0.301. The predicted octanol–water partition coefficient (Wildman–Crippen LogP) is -2.41. The number of rotatable bonds is 10. The molecule has 2 unspecified atom stereocenters. The molecule has 0 rings (SSSR count). The number of Topliss-reactive ketones (excluding diaryl/α,β-unsaturated/α-hetero) is 1. The summed E-state index contributed by atoms with van der Waals surface area (Å²) in [6, 6.07) is -1.57. The van der Waals surface area contributed by atoms with E-state index in [0.717, 1.165) is 0 Å². The van der Waals surface area contributed by atoms with Gasteiger partial charge in [0.25, 0.3) is 0 Å². The van der Waals surface area contributed by atoms with E-state index in [1.54, 1.807) is 0 Å². The minimum atomic E-state index is -1.04. The summed E-state index contributed by atoms with van der Waals surface area (Å²) in [5, 5.41) is 16.1. The molecule has 9 heteroatoms. The molecule has 0 bridgehead atoms. The van der Waals surface area contributed by atoms with Crippen molar-refractivity contribution < 1.29 is 24.3 Å². The molecule has 0 radical (unpaired) electrons. The largest absolute Gasteiger partial charge is 0.480 e. The molecule has 0 aliphatic carbocycles. The van der Waals surface area contributed by atoms with Crippen LogP contribution in [0.25, 0.3) is 0 Å². The Kier molecular flexibility index (Phi) is 8.90. The second kappa shape index (κ2) is 9.83. The summed E-state index contributed by atoms with van der Waals surface area (Å²) in [7, 11) is 1.49. The van der Waals surface area contributed by atoms with Crippen LogP contribution >= 0.6 is 0 Å². The Morgan fingerprint density at radius 2 is 1.76 bits per heavy atom. The number of likely N-dealkylation sites (N-methyl/N-ethyl adjacent to an activating group) is 1. The van der Waals surface area contributed by atoms with E-state index in [0.29, 0.717) is 0 Å². The molecule has 0 saturated carbocycles. The fourth-order valence-electron chi connectivity index (χ4n) is 1.36. The van der Waals surface area contributed by atoms with Crippen LogP contribution < -0.4 is 21.7 Å². The van der Waals surface area contributed by atoms with E-state index in [1.807, 2.05) is 0 Å². The molecule has 0 aromatic carbocycles. The van der Waals surface area contributed by atoms with Crippen LogP contribution in [0.15, 0.2) is 0 Å². The summed E-state index contributed by atoms with van der Waals surface area (Å²) in [5.41, 5.74) is 5.43. The van der Waals surface area contributed by atoms with Crippen LogP contribution in [-0.2, 0) is 19.2 Å². The molecule has 0 heterocycles. The van der Waals surface area contributed by atoms with Crippen LogP contribution in [0.4, 0.5) is 0 Å². The first kappa shape index (κ1) is 19.0. The van der Waals surface area contributed by atoms with Crippen molar-refractivity contribution in [2.24, 2.45) is 5.73 Å². The lowest BCUT2D eigenvalue weighted by Gasteiger charge is -2.12. The number of carbonyl (C=O) groups excluding carboxylic acids is 3. The molecule has 0 spiro atoms. The maximum atomic E-state index is 11.4. The van der Waals surface area contributed by atoms with Crippen LogP contribution in [0.2, 0.25) is 0 Å². The Labute approximate surface area is 122 Å². The van der Waals surface area contributed by atoms with Crippen LogP contribution in [0.3, 0.4) is 0 Å². The summed E-state index contributed by atoms with van der Waals surface area (Å²) < 4.78 is 0. The highest BCUT2D eigenvalue weighted by atomic mass is 16.4. The van der Waals surface area contributed by atoms with Crippen molar-refractivity contribution in [2.75, 3.05) is 20.1 Å². The van der Waals surface area contributed by atoms with Crippen molar-refractivity contribution in [1.82, 2.24) is 16.0 Å². The third-order valence-electron chi connectivity index (χ3n) is 2.79. The number of hydrogen-bond acceptors (Lipinski definition) is 6. The van der Waals surface area contributed by atoms with Gasteiger partial charge in [0.1, 0.15) is 11.8 Å². The van der Waals surface area contributed by atoms with Crippen molar-refractivity contribution in [3.8, 4) is 0 Å². The molecular formula is C12H22N4O5. The fraction of sp³-hybridized carbons (Fsp3) is 0.667. The van der Waals surface area contributed by atoms with Gasteiger partial charge in [-0.25, -0.2) is 0 Å². The van der Waals surface area contributed by atoms with Gasteiger partial charge < -0.3 is 26.8 Å². The molecule has 0 aliphatic rings. The second-order valence-corrected chi connectivity index (χ2v) is 4.52. The zero-order valence-corrected chi connectivity index (χ0v) is 12.1. The zero-order chi connectivity index (χ0) is 16.4. The topological polar surface area (TPSA) is 151 Å². The summed E-state index contributed by atoms with van der Waals surface area (Å²) in [5.74, 6) is -2.18. The molecular weight excluding hydrogens is 280 g/mol. The highest BCUT2D eigenvalue weighted by Gasteiger charge is 2.16. The van der Waals surface area contributed by atoms with E-state index in [1.165, 1.54) is 14.0 Å². The number of ketones is 1. The van der Waals surface area contributed by atoms with Crippen molar-refractivity contribution in [3.05, 3.63) is 0 Å². The van der Waals surface area contributed by atoms with Gasteiger partial charge in [-0.05, 0) is 20.4 Å². The number of carboxylic acids is 1. The average molecular weight is 302 g/mol. The summed E-state index contributed by atoms with van der Waals surface area (Å²) >= 11 is 0. The number of carbonyl (C=O) groups is 4. The Morgan fingerprint density at radius 3 is 2.24 bits per heavy atom. The van der Waals surface area contributed by atoms with Crippen molar-refractivity contribution in [2.45, 2.75) is 31.8 Å². The zero-order valence-electron chi connectivity index (χ0n) is 12.1. The molecule has 120 valence electrons. The highest BCUT2D eigenvalue weighted by molar-refractivity contribution is 5.86. The number of carboxylic acid groups (broad SMARTS) is 1. The van der Waals surface area contributed by atoms with E-state index in [4.69, 9.17) is 10.8 Å². The first-order valence-electron chi connectivity index (χ1n) is 6.47.